The van der Waals surface area contributed by atoms with Crippen molar-refractivity contribution in [3.8, 4) is 11.3 Å². The van der Waals surface area contributed by atoms with E-state index in [9.17, 15) is 9.90 Å². The Morgan fingerprint density at radius 2 is 2.07 bits per heavy atom. The first-order valence-electron chi connectivity index (χ1n) is 9.09. The van der Waals surface area contributed by atoms with Crippen molar-refractivity contribution in [2.24, 2.45) is 13.0 Å². The average molecular weight is 365 g/mol. The molecule has 1 aliphatic carbocycles. The van der Waals surface area contributed by atoms with E-state index >= 15 is 0 Å². The van der Waals surface area contributed by atoms with Crippen LogP contribution in [0.2, 0.25) is 0 Å². The van der Waals surface area contributed by atoms with Crippen LogP contribution in [0.4, 0.5) is 0 Å². The minimum absolute atomic E-state index is 0.180. The van der Waals surface area contributed by atoms with Crippen molar-refractivity contribution in [2.45, 2.75) is 31.9 Å². The number of H-pyrrole nitrogens is 1. The van der Waals surface area contributed by atoms with E-state index in [4.69, 9.17) is 0 Å². The first-order chi connectivity index (χ1) is 13.0. The van der Waals surface area contributed by atoms with Gasteiger partial charge in [0, 0.05) is 24.4 Å². The van der Waals surface area contributed by atoms with E-state index in [1.54, 1.807) is 16.9 Å². The van der Waals surface area contributed by atoms with E-state index in [2.05, 4.69) is 20.6 Å². The zero-order valence-electron chi connectivity index (χ0n) is 15.4. The molecule has 140 valence electrons. The molecule has 0 aliphatic heterocycles. The molecule has 27 heavy (non-hydrogen) atoms. The maximum absolute atomic E-state index is 12.8. The van der Waals surface area contributed by atoms with Gasteiger partial charge in [0.2, 0.25) is 0 Å². The van der Waals surface area contributed by atoms with Gasteiger partial charge in [0.15, 0.2) is 0 Å². The lowest BCUT2D eigenvalue weighted by Crippen LogP contribution is -2.41. The second kappa shape index (κ2) is 7.00. The molecule has 1 aromatic carbocycles. The van der Waals surface area contributed by atoms with Crippen LogP contribution in [0.25, 0.3) is 11.3 Å². The zero-order chi connectivity index (χ0) is 19.0. The average Bonchev–Trinajstić information content (AvgIpc) is 3.27. The molecule has 1 saturated carbocycles. The molecule has 7 heteroatoms. The van der Waals surface area contributed by atoms with Gasteiger partial charge in [-0.2, -0.15) is 10.2 Å². The summed E-state index contributed by atoms with van der Waals surface area (Å²) in [5, 5.41) is 24.1. The SMILES string of the molecule is Cc1ccc(-c2cc(C(=O)N[C@@H](c3cnn(C)c3)C3CC(O)C3)[nH]n2)cc1. The van der Waals surface area contributed by atoms with Crippen LogP contribution in [0.15, 0.2) is 42.7 Å². The van der Waals surface area contributed by atoms with Crippen molar-refractivity contribution in [1.29, 1.82) is 0 Å². The molecule has 0 saturated heterocycles. The van der Waals surface area contributed by atoms with Gasteiger partial charge >= 0.3 is 0 Å². The van der Waals surface area contributed by atoms with Gasteiger partial charge in [0.25, 0.3) is 5.91 Å². The largest absolute Gasteiger partial charge is 0.393 e. The number of nitrogens with zero attached hydrogens (tertiary/aromatic N) is 3. The Bertz CT molecular complexity index is 937. The number of carbonyl (C=O) groups excluding carboxylic acids is 1. The molecule has 2 aromatic heterocycles. The molecule has 4 rings (SSSR count). The van der Waals surface area contributed by atoms with Crippen LogP contribution in [0.5, 0.6) is 0 Å². The standard InChI is InChI=1S/C20H23N5O2/c1-12-3-5-13(6-4-12)17-9-18(24-23-17)20(27)22-19(14-7-16(26)8-14)15-10-21-25(2)11-15/h3-6,9-11,14,16,19,26H,7-8H2,1-2H3,(H,22,27)(H,23,24)/t14?,16?,19-/m1/s1. The van der Waals surface area contributed by atoms with Crippen LogP contribution in [0.1, 0.15) is 40.5 Å². The fourth-order valence-corrected chi connectivity index (χ4v) is 3.51. The number of aromatic nitrogens is 4. The van der Waals surface area contributed by atoms with Gasteiger partial charge in [-0.15, -0.1) is 0 Å². The molecule has 1 atom stereocenters. The third kappa shape index (κ3) is 3.64. The van der Waals surface area contributed by atoms with Crippen LogP contribution < -0.4 is 5.32 Å². The number of aromatic amines is 1. The minimum atomic E-state index is -0.286. The molecule has 2 heterocycles. The Labute approximate surface area is 157 Å². The topological polar surface area (TPSA) is 95.8 Å². The van der Waals surface area contributed by atoms with Gasteiger partial charge in [-0.25, -0.2) is 0 Å². The highest BCUT2D eigenvalue weighted by molar-refractivity contribution is 5.93. The van der Waals surface area contributed by atoms with E-state index < -0.39 is 0 Å². The lowest BCUT2D eigenvalue weighted by atomic mass is 9.75. The summed E-state index contributed by atoms with van der Waals surface area (Å²) >= 11 is 0. The highest BCUT2D eigenvalue weighted by Gasteiger charge is 2.36. The first kappa shape index (κ1) is 17.5. The normalized spacial score (nSPS) is 20.1. The van der Waals surface area contributed by atoms with Gasteiger partial charge < -0.3 is 10.4 Å². The minimum Gasteiger partial charge on any atom is -0.393 e. The second-order valence-electron chi connectivity index (χ2n) is 7.32. The van der Waals surface area contributed by atoms with Crippen molar-refractivity contribution >= 4 is 5.91 Å². The smallest absolute Gasteiger partial charge is 0.269 e. The van der Waals surface area contributed by atoms with Crippen LogP contribution in [-0.4, -0.2) is 37.1 Å². The Morgan fingerprint density at radius 1 is 1.33 bits per heavy atom. The lowest BCUT2D eigenvalue weighted by molar-refractivity contribution is 0.0234. The molecule has 0 spiro atoms. The third-order valence-electron chi connectivity index (χ3n) is 5.16. The molecule has 0 bridgehead atoms. The number of amides is 1. The summed E-state index contributed by atoms with van der Waals surface area (Å²) < 4.78 is 1.72. The van der Waals surface area contributed by atoms with E-state index in [0.29, 0.717) is 18.5 Å². The number of aryl methyl sites for hydroxylation is 2. The molecule has 3 aromatic rings. The summed E-state index contributed by atoms with van der Waals surface area (Å²) in [6.45, 7) is 2.03. The Balaban J connectivity index is 1.52. The highest BCUT2D eigenvalue weighted by atomic mass is 16.3. The summed E-state index contributed by atoms with van der Waals surface area (Å²) in [6.07, 6.45) is 4.74. The van der Waals surface area contributed by atoms with Crippen molar-refractivity contribution in [1.82, 2.24) is 25.3 Å². The summed E-state index contributed by atoms with van der Waals surface area (Å²) in [5.41, 5.74) is 4.23. The van der Waals surface area contributed by atoms with Crippen LogP contribution in [-0.2, 0) is 7.05 Å². The van der Waals surface area contributed by atoms with Gasteiger partial charge in [-0.3, -0.25) is 14.6 Å². The molecule has 1 fully saturated rings. The first-order valence-corrected chi connectivity index (χ1v) is 9.09. The van der Waals surface area contributed by atoms with Crippen LogP contribution in [0, 0.1) is 12.8 Å². The fraction of sp³-hybridized carbons (Fsp3) is 0.350. The summed E-state index contributed by atoms with van der Waals surface area (Å²) in [4.78, 5) is 12.8. The fourth-order valence-electron chi connectivity index (χ4n) is 3.51. The van der Waals surface area contributed by atoms with E-state index in [1.165, 1.54) is 5.56 Å². The Kier molecular flexibility index (Phi) is 4.53. The molecular weight excluding hydrogens is 342 g/mol. The number of carbonyl (C=O) groups is 1. The maximum Gasteiger partial charge on any atom is 0.269 e. The van der Waals surface area contributed by atoms with Gasteiger partial charge in [0.1, 0.15) is 5.69 Å². The molecule has 0 unspecified atom stereocenters. The zero-order valence-corrected chi connectivity index (χ0v) is 15.4. The number of nitrogens with one attached hydrogen (secondary N) is 2. The highest BCUT2D eigenvalue weighted by Crippen LogP contribution is 2.38. The quantitative estimate of drug-likeness (QED) is 0.647. The number of aliphatic hydroxyl groups is 1. The predicted octanol–water partition coefficient (Wildman–Crippen LogP) is 2.36. The molecule has 0 radical (unpaired) electrons. The predicted molar refractivity (Wildman–Crippen MR) is 101 cm³/mol. The Hall–Kier alpha value is -2.93. The van der Waals surface area contributed by atoms with Crippen molar-refractivity contribution < 1.29 is 9.90 Å². The molecule has 7 nitrogen and oxygen atoms in total. The van der Waals surface area contributed by atoms with E-state index in [0.717, 1.165) is 16.8 Å². The summed E-state index contributed by atoms with van der Waals surface area (Å²) in [6, 6.07) is 9.59. The molecule has 1 aliphatic rings. The monoisotopic (exact) mass is 365 g/mol. The van der Waals surface area contributed by atoms with Gasteiger partial charge in [0.05, 0.1) is 24.0 Å². The summed E-state index contributed by atoms with van der Waals surface area (Å²) in [7, 11) is 1.85. The number of aliphatic hydroxyl groups excluding tert-OH is 1. The summed E-state index contributed by atoms with van der Waals surface area (Å²) in [5.74, 6) is -0.0104. The van der Waals surface area contributed by atoms with Crippen LogP contribution in [0.3, 0.4) is 0 Å². The van der Waals surface area contributed by atoms with Gasteiger partial charge in [-0.1, -0.05) is 29.8 Å². The number of hydrogen-bond acceptors (Lipinski definition) is 4. The molecular formula is C20H23N5O2. The second-order valence-corrected chi connectivity index (χ2v) is 7.32. The number of rotatable bonds is 5. The molecule has 3 N–H and O–H groups in total. The Morgan fingerprint density at radius 3 is 2.70 bits per heavy atom. The van der Waals surface area contributed by atoms with Gasteiger partial charge in [-0.05, 0) is 31.7 Å². The molecule has 1 amide bonds. The van der Waals surface area contributed by atoms with Crippen molar-refractivity contribution in [2.75, 3.05) is 0 Å². The van der Waals surface area contributed by atoms with E-state index in [-0.39, 0.29) is 24.0 Å². The number of hydrogen-bond donors (Lipinski definition) is 3. The van der Waals surface area contributed by atoms with Crippen molar-refractivity contribution in [3.05, 3.63) is 59.5 Å². The maximum atomic E-state index is 12.8. The lowest BCUT2D eigenvalue weighted by Gasteiger charge is -2.37. The van der Waals surface area contributed by atoms with E-state index in [1.807, 2.05) is 44.4 Å². The van der Waals surface area contributed by atoms with Crippen LogP contribution >= 0.6 is 0 Å². The van der Waals surface area contributed by atoms with Crippen molar-refractivity contribution in [3.63, 3.8) is 0 Å². The number of benzene rings is 1. The third-order valence-corrected chi connectivity index (χ3v) is 5.16.